The van der Waals surface area contributed by atoms with E-state index in [9.17, 15) is 13.2 Å². The number of hydrogen-bond donors (Lipinski definition) is 2. The van der Waals surface area contributed by atoms with Gasteiger partial charge in [0.2, 0.25) is 11.0 Å². The van der Waals surface area contributed by atoms with Crippen LogP contribution in [0.4, 0.5) is 0 Å². The van der Waals surface area contributed by atoms with Gasteiger partial charge in [0.1, 0.15) is 11.5 Å². The van der Waals surface area contributed by atoms with Gasteiger partial charge in [-0.3, -0.25) is 9.89 Å². The van der Waals surface area contributed by atoms with Crippen LogP contribution in [0.15, 0.2) is 50.5 Å². The first-order chi connectivity index (χ1) is 13.9. The number of H-pyrrole nitrogens is 1. The third kappa shape index (κ3) is 4.13. The topological polar surface area (TPSA) is 121 Å². The lowest BCUT2D eigenvalue weighted by molar-refractivity contribution is -0.126. The highest BCUT2D eigenvalue weighted by molar-refractivity contribution is 7.89. The van der Waals surface area contributed by atoms with Crippen LogP contribution in [-0.2, 0) is 21.4 Å². The van der Waals surface area contributed by atoms with E-state index in [0.717, 1.165) is 5.69 Å². The molecule has 1 fully saturated rings. The number of amides is 1. The highest BCUT2D eigenvalue weighted by Gasteiger charge is 2.34. The number of aryl methyl sites for hydroxylation is 1. The zero-order valence-electron chi connectivity index (χ0n) is 15.9. The Kier molecular flexibility index (Phi) is 5.29. The number of carbonyl (C=O) groups is 1. The van der Waals surface area contributed by atoms with E-state index in [1.54, 1.807) is 30.5 Å². The second kappa shape index (κ2) is 7.88. The SMILES string of the molecule is Cc1cc(-c2ccc(S(=O)(=O)N3CCC(C(=O)NCc4ccco4)CC3)o2)n[nH]1. The molecule has 4 rings (SSSR count). The maximum absolute atomic E-state index is 12.9. The number of piperidine rings is 1. The molecule has 0 spiro atoms. The number of aromatic amines is 1. The van der Waals surface area contributed by atoms with E-state index in [1.165, 1.54) is 10.4 Å². The smallest absolute Gasteiger partial charge is 0.276 e. The molecule has 3 aromatic heterocycles. The van der Waals surface area contributed by atoms with Crippen molar-refractivity contribution in [1.82, 2.24) is 19.8 Å². The number of furan rings is 2. The minimum absolute atomic E-state index is 0.0902. The van der Waals surface area contributed by atoms with Crippen LogP contribution in [0, 0.1) is 12.8 Å². The molecule has 0 bridgehead atoms. The van der Waals surface area contributed by atoms with Crippen molar-refractivity contribution in [2.75, 3.05) is 13.1 Å². The van der Waals surface area contributed by atoms with Gasteiger partial charge in [0.25, 0.3) is 10.0 Å². The molecule has 29 heavy (non-hydrogen) atoms. The summed E-state index contributed by atoms with van der Waals surface area (Å²) in [5, 5.41) is 9.60. The molecular formula is C19H22N4O5S. The maximum Gasteiger partial charge on any atom is 0.276 e. The van der Waals surface area contributed by atoms with Crippen molar-refractivity contribution in [3.8, 4) is 11.5 Å². The maximum atomic E-state index is 12.9. The Balaban J connectivity index is 1.36. The highest BCUT2D eigenvalue weighted by atomic mass is 32.2. The molecule has 10 heteroatoms. The molecule has 4 heterocycles. The van der Waals surface area contributed by atoms with Crippen molar-refractivity contribution >= 4 is 15.9 Å². The van der Waals surface area contributed by atoms with Gasteiger partial charge >= 0.3 is 0 Å². The van der Waals surface area contributed by atoms with Crippen molar-refractivity contribution in [3.05, 3.63) is 48.0 Å². The first kappa shape index (κ1) is 19.5. The molecule has 1 saturated heterocycles. The van der Waals surface area contributed by atoms with Crippen LogP contribution in [-0.4, -0.2) is 41.9 Å². The van der Waals surface area contributed by atoms with Crippen LogP contribution in [0.1, 0.15) is 24.3 Å². The number of rotatable bonds is 6. The molecule has 0 atom stereocenters. The second-order valence-corrected chi connectivity index (χ2v) is 8.90. The quantitative estimate of drug-likeness (QED) is 0.633. The van der Waals surface area contributed by atoms with E-state index < -0.39 is 10.0 Å². The first-order valence-corrected chi connectivity index (χ1v) is 10.8. The predicted octanol–water partition coefficient (Wildman–Crippen LogP) is 2.29. The molecule has 0 unspecified atom stereocenters. The normalized spacial score (nSPS) is 16.2. The Morgan fingerprint density at radius 1 is 1.31 bits per heavy atom. The van der Waals surface area contributed by atoms with Crippen LogP contribution < -0.4 is 5.32 Å². The fourth-order valence-electron chi connectivity index (χ4n) is 3.36. The molecule has 1 aliphatic rings. The first-order valence-electron chi connectivity index (χ1n) is 9.36. The predicted molar refractivity (Wildman–Crippen MR) is 103 cm³/mol. The summed E-state index contributed by atoms with van der Waals surface area (Å²) in [6.45, 7) is 2.70. The number of sulfonamides is 1. The second-order valence-electron chi connectivity index (χ2n) is 7.03. The number of nitrogens with zero attached hydrogens (tertiary/aromatic N) is 2. The van der Waals surface area contributed by atoms with Gasteiger partial charge in [0, 0.05) is 24.7 Å². The lowest BCUT2D eigenvalue weighted by Gasteiger charge is -2.29. The number of hydrogen-bond acceptors (Lipinski definition) is 6. The summed E-state index contributed by atoms with van der Waals surface area (Å²) in [4.78, 5) is 12.3. The van der Waals surface area contributed by atoms with Gasteiger partial charge in [-0.15, -0.1) is 0 Å². The minimum atomic E-state index is -3.76. The molecule has 154 valence electrons. The fourth-order valence-corrected chi connectivity index (χ4v) is 4.74. The molecule has 9 nitrogen and oxygen atoms in total. The molecule has 0 aliphatic carbocycles. The third-order valence-corrected chi connectivity index (χ3v) is 6.75. The molecule has 0 saturated carbocycles. The van der Waals surface area contributed by atoms with Gasteiger partial charge in [-0.1, -0.05) is 0 Å². The highest BCUT2D eigenvalue weighted by Crippen LogP contribution is 2.28. The van der Waals surface area contributed by atoms with E-state index in [1.807, 2.05) is 6.92 Å². The van der Waals surface area contributed by atoms with Gasteiger partial charge < -0.3 is 14.2 Å². The molecule has 1 aliphatic heterocycles. The van der Waals surface area contributed by atoms with Crippen LogP contribution in [0.2, 0.25) is 0 Å². The van der Waals surface area contributed by atoms with Crippen molar-refractivity contribution < 1.29 is 22.0 Å². The standard InChI is InChI=1S/C19H22N4O5S/c1-13-11-16(22-21-13)17-4-5-18(28-17)29(25,26)23-8-6-14(7-9-23)19(24)20-12-15-3-2-10-27-15/h2-5,10-11,14H,6-9,12H2,1H3,(H,20,24)(H,21,22). The Morgan fingerprint density at radius 3 is 2.76 bits per heavy atom. The third-order valence-electron chi connectivity index (χ3n) is 4.98. The van der Waals surface area contributed by atoms with Gasteiger partial charge in [0.05, 0.1) is 12.8 Å². The lowest BCUT2D eigenvalue weighted by atomic mass is 9.97. The van der Waals surface area contributed by atoms with Crippen LogP contribution >= 0.6 is 0 Å². The van der Waals surface area contributed by atoms with E-state index >= 15 is 0 Å². The Bertz CT molecular complexity index is 1080. The Labute approximate surface area is 168 Å². The van der Waals surface area contributed by atoms with E-state index in [4.69, 9.17) is 8.83 Å². The Hall–Kier alpha value is -2.85. The number of aromatic nitrogens is 2. The van der Waals surface area contributed by atoms with Crippen molar-refractivity contribution in [3.63, 3.8) is 0 Å². The van der Waals surface area contributed by atoms with Crippen LogP contribution in [0.3, 0.4) is 0 Å². The van der Waals surface area contributed by atoms with E-state index in [2.05, 4.69) is 15.5 Å². The number of nitrogens with one attached hydrogen (secondary N) is 2. The monoisotopic (exact) mass is 418 g/mol. The summed E-state index contributed by atoms with van der Waals surface area (Å²) in [6.07, 6.45) is 2.46. The van der Waals surface area contributed by atoms with E-state index in [0.29, 0.717) is 36.6 Å². The van der Waals surface area contributed by atoms with Gasteiger partial charge in [-0.25, -0.2) is 8.42 Å². The molecule has 2 N–H and O–H groups in total. The summed E-state index contributed by atoms with van der Waals surface area (Å²) >= 11 is 0. The average Bonchev–Trinajstić information content (AvgIpc) is 3.47. The Morgan fingerprint density at radius 2 is 2.10 bits per heavy atom. The lowest BCUT2D eigenvalue weighted by Crippen LogP contribution is -2.42. The van der Waals surface area contributed by atoms with Gasteiger partial charge in [-0.05, 0) is 50.1 Å². The minimum Gasteiger partial charge on any atom is -0.467 e. The largest absolute Gasteiger partial charge is 0.467 e. The summed E-state index contributed by atoms with van der Waals surface area (Å²) in [5.41, 5.74) is 1.41. The summed E-state index contributed by atoms with van der Waals surface area (Å²) in [6, 6.07) is 8.37. The molecule has 0 radical (unpaired) electrons. The van der Waals surface area contributed by atoms with Gasteiger partial charge in [0.15, 0.2) is 5.76 Å². The van der Waals surface area contributed by atoms with Crippen molar-refractivity contribution in [2.45, 2.75) is 31.4 Å². The zero-order chi connectivity index (χ0) is 20.4. The number of carbonyl (C=O) groups excluding carboxylic acids is 1. The van der Waals surface area contributed by atoms with Crippen LogP contribution in [0.25, 0.3) is 11.5 Å². The summed E-state index contributed by atoms with van der Waals surface area (Å²) < 4.78 is 37.9. The van der Waals surface area contributed by atoms with Crippen molar-refractivity contribution in [2.24, 2.45) is 5.92 Å². The molecule has 3 aromatic rings. The van der Waals surface area contributed by atoms with E-state index in [-0.39, 0.29) is 30.0 Å². The summed E-state index contributed by atoms with van der Waals surface area (Å²) in [7, 11) is -3.76. The molecule has 1 amide bonds. The van der Waals surface area contributed by atoms with Crippen LogP contribution in [0.5, 0.6) is 0 Å². The van der Waals surface area contributed by atoms with Crippen molar-refractivity contribution in [1.29, 1.82) is 0 Å². The molecule has 0 aromatic carbocycles. The zero-order valence-corrected chi connectivity index (χ0v) is 16.7. The summed E-state index contributed by atoms with van der Waals surface area (Å²) in [5.74, 6) is 0.752. The molecular weight excluding hydrogens is 396 g/mol. The van der Waals surface area contributed by atoms with Gasteiger partial charge in [-0.2, -0.15) is 9.40 Å². The average molecular weight is 418 g/mol. The fraction of sp³-hybridized carbons (Fsp3) is 0.368.